The van der Waals surface area contributed by atoms with E-state index >= 15 is 0 Å². The maximum atomic E-state index is 14.9. The van der Waals surface area contributed by atoms with Crippen molar-refractivity contribution in [2.24, 2.45) is 17.8 Å². The molecule has 0 aliphatic heterocycles. The summed E-state index contributed by atoms with van der Waals surface area (Å²) in [5.41, 5.74) is 3.12. The molecule has 5 aliphatic rings. The average Bonchev–Trinajstić information content (AvgIpc) is 3.48. The van der Waals surface area contributed by atoms with Crippen LogP contribution in [0.5, 0.6) is 0 Å². The Morgan fingerprint density at radius 2 is 1.68 bits per heavy atom. The quantitative estimate of drug-likeness (QED) is 0.623. The third-order valence-electron chi connectivity index (χ3n) is 8.42. The number of H-pyrrole nitrogens is 1. The summed E-state index contributed by atoms with van der Waals surface area (Å²) in [6, 6.07) is 5.41. The summed E-state index contributed by atoms with van der Waals surface area (Å²) in [4.78, 5) is 16.8. The third kappa shape index (κ3) is 2.63. The second kappa shape index (κ2) is 6.05. The van der Waals surface area contributed by atoms with E-state index in [1.807, 2.05) is 0 Å². The first-order valence-corrected chi connectivity index (χ1v) is 11.6. The molecule has 0 unspecified atom stereocenters. The van der Waals surface area contributed by atoms with E-state index < -0.39 is 11.6 Å². The SMILES string of the molecule is O=c1cc(C23CC4CC(CC(C4)C2)C3)[nH]c2c(-c3ccc(F)cc3F)c(C3CC3)nn12. The topological polar surface area (TPSA) is 50.2 Å². The number of benzene rings is 1. The first-order chi connectivity index (χ1) is 15.0. The van der Waals surface area contributed by atoms with Gasteiger partial charge in [0.1, 0.15) is 17.3 Å². The second-order valence-electron chi connectivity index (χ2n) is 10.6. The molecule has 0 amide bonds. The summed E-state index contributed by atoms with van der Waals surface area (Å²) in [6.45, 7) is 0. The minimum atomic E-state index is -0.613. The van der Waals surface area contributed by atoms with Crippen molar-refractivity contribution in [1.29, 1.82) is 0 Å². The van der Waals surface area contributed by atoms with Crippen LogP contribution in [0.15, 0.2) is 29.1 Å². The molecule has 160 valence electrons. The fraction of sp³-hybridized carbons (Fsp3) is 0.520. The Balaban J connectivity index is 1.46. The van der Waals surface area contributed by atoms with Crippen LogP contribution in [0.3, 0.4) is 0 Å². The van der Waals surface area contributed by atoms with E-state index in [4.69, 9.17) is 0 Å². The molecule has 4 nitrogen and oxygen atoms in total. The number of hydrogen-bond acceptors (Lipinski definition) is 2. The zero-order valence-corrected chi connectivity index (χ0v) is 17.3. The van der Waals surface area contributed by atoms with Crippen molar-refractivity contribution in [3.05, 3.63) is 57.6 Å². The Morgan fingerprint density at radius 3 is 2.29 bits per heavy atom. The number of aromatic amines is 1. The van der Waals surface area contributed by atoms with Gasteiger partial charge in [-0.1, -0.05) is 0 Å². The molecular formula is C25H25F2N3O. The Hall–Kier alpha value is -2.50. The van der Waals surface area contributed by atoms with Gasteiger partial charge in [0.15, 0.2) is 0 Å². The van der Waals surface area contributed by atoms with Crippen LogP contribution < -0.4 is 5.56 Å². The van der Waals surface area contributed by atoms with Crippen molar-refractivity contribution in [1.82, 2.24) is 14.6 Å². The lowest BCUT2D eigenvalue weighted by Crippen LogP contribution is -2.49. The molecule has 2 heterocycles. The van der Waals surface area contributed by atoms with E-state index in [0.717, 1.165) is 67.3 Å². The standard InChI is InChI=1S/C25H25F2N3O/c26-17-3-4-18(19(27)8-17)22-23(16-1-2-16)29-30-21(31)9-20(28-24(22)30)25-10-13-5-14(11-25)7-15(6-13)12-25/h3-4,8-9,13-16,28H,1-2,5-7,10-12H2. The van der Waals surface area contributed by atoms with Gasteiger partial charge in [-0.15, -0.1) is 0 Å². The van der Waals surface area contributed by atoms with Crippen LogP contribution >= 0.6 is 0 Å². The smallest absolute Gasteiger partial charge is 0.274 e. The Labute approximate surface area is 178 Å². The molecule has 4 bridgehead atoms. The molecule has 0 atom stereocenters. The highest BCUT2D eigenvalue weighted by Crippen LogP contribution is 2.60. The molecular weight excluding hydrogens is 396 g/mol. The molecule has 5 saturated carbocycles. The normalized spacial score (nSPS) is 31.6. The zero-order chi connectivity index (χ0) is 20.9. The van der Waals surface area contributed by atoms with E-state index in [1.165, 1.54) is 35.9 Å². The summed E-state index contributed by atoms with van der Waals surface area (Å²) in [5.74, 6) is 1.28. The molecule has 0 spiro atoms. The Morgan fingerprint density at radius 1 is 1.00 bits per heavy atom. The van der Waals surface area contributed by atoms with E-state index in [-0.39, 0.29) is 16.9 Å². The maximum absolute atomic E-state index is 14.9. The first kappa shape index (κ1) is 18.1. The molecule has 31 heavy (non-hydrogen) atoms. The van der Waals surface area contributed by atoms with Gasteiger partial charge in [0.2, 0.25) is 0 Å². The van der Waals surface area contributed by atoms with Gasteiger partial charge in [0.25, 0.3) is 5.56 Å². The lowest BCUT2D eigenvalue weighted by Gasteiger charge is -2.56. The van der Waals surface area contributed by atoms with Crippen molar-refractivity contribution in [3.63, 3.8) is 0 Å². The fourth-order valence-corrected chi connectivity index (χ4v) is 7.38. The van der Waals surface area contributed by atoms with E-state index in [2.05, 4.69) is 10.1 Å². The molecule has 5 fully saturated rings. The van der Waals surface area contributed by atoms with Crippen LogP contribution in [0.25, 0.3) is 16.8 Å². The molecule has 0 saturated heterocycles. The van der Waals surface area contributed by atoms with Crippen molar-refractivity contribution in [2.45, 2.75) is 62.7 Å². The first-order valence-electron chi connectivity index (χ1n) is 11.6. The highest BCUT2D eigenvalue weighted by atomic mass is 19.1. The molecule has 1 N–H and O–H groups in total. The van der Waals surface area contributed by atoms with Gasteiger partial charge in [-0.25, -0.2) is 8.78 Å². The molecule has 2 aromatic heterocycles. The van der Waals surface area contributed by atoms with E-state index in [1.54, 1.807) is 6.07 Å². The van der Waals surface area contributed by atoms with Crippen LogP contribution in [0.2, 0.25) is 0 Å². The van der Waals surface area contributed by atoms with Crippen LogP contribution in [-0.2, 0) is 5.41 Å². The number of nitrogens with zero attached hydrogens (tertiary/aromatic N) is 2. The number of rotatable bonds is 3. The van der Waals surface area contributed by atoms with Gasteiger partial charge in [-0.2, -0.15) is 9.61 Å². The second-order valence-corrected chi connectivity index (χ2v) is 10.6. The predicted molar refractivity (Wildman–Crippen MR) is 113 cm³/mol. The zero-order valence-electron chi connectivity index (χ0n) is 17.3. The number of halogens is 2. The van der Waals surface area contributed by atoms with Gasteiger partial charge in [0, 0.05) is 34.7 Å². The van der Waals surface area contributed by atoms with E-state index in [9.17, 15) is 13.6 Å². The average molecular weight is 421 g/mol. The fourth-order valence-electron chi connectivity index (χ4n) is 7.38. The lowest BCUT2D eigenvalue weighted by atomic mass is 9.49. The third-order valence-corrected chi connectivity index (χ3v) is 8.42. The van der Waals surface area contributed by atoms with Gasteiger partial charge >= 0.3 is 0 Å². The molecule has 5 aliphatic carbocycles. The summed E-state index contributed by atoms with van der Waals surface area (Å²) >= 11 is 0. The predicted octanol–water partition coefficient (Wildman–Crippen LogP) is 5.31. The molecule has 0 radical (unpaired) electrons. The Kier molecular flexibility index (Phi) is 3.53. The summed E-state index contributed by atoms with van der Waals surface area (Å²) in [5, 5.41) is 4.61. The summed E-state index contributed by atoms with van der Waals surface area (Å²) < 4.78 is 29.9. The Bertz CT molecular complexity index is 1250. The van der Waals surface area contributed by atoms with Crippen LogP contribution in [-0.4, -0.2) is 14.6 Å². The van der Waals surface area contributed by atoms with Gasteiger partial charge in [-0.05, 0) is 81.3 Å². The number of fused-ring (bicyclic) bond motifs is 1. The van der Waals surface area contributed by atoms with Gasteiger partial charge in [-0.3, -0.25) is 4.79 Å². The molecule has 8 rings (SSSR count). The van der Waals surface area contributed by atoms with Crippen molar-refractivity contribution in [3.8, 4) is 11.1 Å². The van der Waals surface area contributed by atoms with Crippen molar-refractivity contribution < 1.29 is 8.78 Å². The van der Waals surface area contributed by atoms with Gasteiger partial charge in [0.05, 0.1) is 11.3 Å². The molecule has 3 aromatic rings. The highest BCUT2D eigenvalue weighted by molar-refractivity contribution is 5.81. The number of hydrogen-bond donors (Lipinski definition) is 1. The molecule has 6 heteroatoms. The maximum Gasteiger partial charge on any atom is 0.274 e. The van der Waals surface area contributed by atoms with Crippen LogP contribution in [0.4, 0.5) is 8.78 Å². The largest absolute Gasteiger partial charge is 0.342 e. The molecule has 1 aromatic carbocycles. The lowest BCUT2D eigenvalue weighted by molar-refractivity contribution is -0.00719. The van der Waals surface area contributed by atoms with Crippen molar-refractivity contribution in [2.75, 3.05) is 0 Å². The summed E-state index contributed by atoms with van der Waals surface area (Å²) in [6.07, 6.45) is 9.35. The van der Waals surface area contributed by atoms with Crippen LogP contribution in [0.1, 0.15) is 68.7 Å². The monoisotopic (exact) mass is 421 g/mol. The highest BCUT2D eigenvalue weighted by Gasteiger charge is 2.52. The minimum Gasteiger partial charge on any atom is -0.342 e. The number of nitrogens with one attached hydrogen (secondary N) is 1. The van der Waals surface area contributed by atoms with Crippen molar-refractivity contribution >= 4 is 5.65 Å². The number of aromatic nitrogens is 3. The van der Waals surface area contributed by atoms with Crippen LogP contribution in [0, 0.1) is 29.4 Å². The van der Waals surface area contributed by atoms with Gasteiger partial charge < -0.3 is 4.98 Å². The van der Waals surface area contributed by atoms with E-state index in [0.29, 0.717) is 16.8 Å². The minimum absolute atomic E-state index is 0.0261. The summed E-state index contributed by atoms with van der Waals surface area (Å²) in [7, 11) is 0.